The van der Waals surface area contributed by atoms with Crippen LogP contribution in [0.5, 0.6) is 5.75 Å². The molecule has 0 unspecified atom stereocenters. The highest BCUT2D eigenvalue weighted by Crippen LogP contribution is 2.34. The maximum absolute atomic E-state index is 5.76. The zero-order valence-corrected chi connectivity index (χ0v) is 10.2. The van der Waals surface area contributed by atoms with E-state index >= 15 is 0 Å². The Bertz CT molecular complexity index is 518. The van der Waals surface area contributed by atoms with Crippen LogP contribution in [0.1, 0.15) is 19.4 Å². The molecule has 4 nitrogen and oxygen atoms in total. The van der Waals surface area contributed by atoms with Gasteiger partial charge in [-0.1, -0.05) is 17.3 Å². The van der Waals surface area contributed by atoms with E-state index in [1.807, 2.05) is 39.0 Å². The van der Waals surface area contributed by atoms with Crippen LogP contribution in [0.25, 0.3) is 11.3 Å². The molecule has 1 heterocycles. The molecule has 17 heavy (non-hydrogen) atoms. The minimum Gasteiger partial charge on any atom is -0.490 e. The first-order chi connectivity index (χ1) is 8.08. The lowest BCUT2D eigenvalue weighted by atomic mass is 10.1. The van der Waals surface area contributed by atoms with Gasteiger partial charge in [0.15, 0.2) is 11.6 Å². The summed E-state index contributed by atoms with van der Waals surface area (Å²) >= 11 is 0. The second kappa shape index (κ2) is 4.49. The molecule has 0 aliphatic carbocycles. The third-order valence-electron chi connectivity index (χ3n) is 2.37. The SMILES string of the molecule is Cc1cccc(OC(C)C)c1-c1cc(N)no1. The van der Waals surface area contributed by atoms with Crippen molar-refractivity contribution in [2.75, 3.05) is 5.73 Å². The standard InChI is InChI=1S/C13H16N2O2/c1-8(2)16-10-6-4-5-9(3)13(10)11-7-12(14)15-17-11/h4-8H,1-3H3,(H2,14,15). The highest BCUT2D eigenvalue weighted by Gasteiger charge is 2.14. The average Bonchev–Trinajstić information content (AvgIpc) is 2.64. The molecule has 0 atom stereocenters. The average molecular weight is 232 g/mol. The Hall–Kier alpha value is -1.97. The Morgan fingerprint density at radius 1 is 1.35 bits per heavy atom. The van der Waals surface area contributed by atoms with Gasteiger partial charge < -0.3 is 15.0 Å². The van der Waals surface area contributed by atoms with Crippen molar-refractivity contribution in [2.24, 2.45) is 0 Å². The number of nitrogen functional groups attached to an aromatic ring is 1. The van der Waals surface area contributed by atoms with E-state index < -0.39 is 0 Å². The second-order valence-electron chi connectivity index (χ2n) is 4.23. The maximum atomic E-state index is 5.76. The number of benzene rings is 1. The number of ether oxygens (including phenoxy) is 1. The van der Waals surface area contributed by atoms with Crippen molar-refractivity contribution in [3.63, 3.8) is 0 Å². The largest absolute Gasteiger partial charge is 0.490 e. The van der Waals surface area contributed by atoms with Gasteiger partial charge in [-0.3, -0.25) is 0 Å². The highest BCUT2D eigenvalue weighted by molar-refractivity contribution is 5.71. The number of nitrogens with zero attached hydrogens (tertiary/aromatic N) is 1. The molecule has 1 aromatic heterocycles. The fourth-order valence-electron chi connectivity index (χ4n) is 1.72. The molecular formula is C13H16N2O2. The Morgan fingerprint density at radius 2 is 2.12 bits per heavy atom. The van der Waals surface area contributed by atoms with Gasteiger partial charge in [-0.2, -0.15) is 0 Å². The number of hydrogen-bond acceptors (Lipinski definition) is 4. The van der Waals surface area contributed by atoms with Crippen LogP contribution in [0.4, 0.5) is 5.82 Å². The molecule has 0 fully saturated rings. The van der Waals surface area contributed by atoms with Gasteiger partial charge in [-0.05, 0) is 32.4 Å². The molecule has 2 N–H and O–H groups in total. The minimum absolute atomic E-state index is 0.107. The molecule has 2 aromatic rings. The number of aryl methyl sites for hydroxylation is 1. The van der Waals surface area contributed by atoms with Gasteiger partial charge in [0.2, 0.25) is 0 Å². The summed E-state index contributed by atoms with van der Waals surface area (Å²) in [7, 11) is 0. The quantitative estimate of drug-likeness (QED) is 0.883. The predicted octanol–water partition coefficient (Wildman–Crippen LogP) is 3.02. The van der Waals surface area contributed by atoms with Crippen LogP contribution < -0.4 is 10.5 Å². The Balaban J connectivity index is 2.50. The molecule has 90 valence electrons. The molecule has 1 aromatic carbocycles. The topological polar surface area (TPSA) is 61.3 Å². The first-order valence-corrected chi connectivity index (χ1v) is 5.56. The summed E-state index contributed by atoms with van der Waals surface area (Å²) in [5, 5.41) is 3.70. The van der Waals surface area contributed by atoms with Crippen molar-refractivity contribution in [2.45, 2.75) is 26.9 Å². The summed E-state index contributed by atoms with van der Waals surface area (Å²) in [5.41, 5.74) is 7.55. The number of aromatic nitrogens is 1. The first-order valence-electron chi connectivity index (χ1n) is 5.56. The molecule has 0 saturated heterocycles. The van der Waals surface area contributed by atoms with E-state index in [0.29, 0.717) is 11.6 Å². The summed E-state index contributed by atoms with van der Waals surface area (Å²) in [5.74, 6) is 1.80. The van der Waals surface area contributed by atoms with E-state index in [2.05, 4.69) is 5.16 Å². The summed E-state index contributed by atoms with van der Waals surface area (Å²) in [6.45, 7) is 5.98. The molecule has 0 radical (unpaired) electrons. The van der Waals surface area contributed by atoms with Gasteiger partial charge in [0.25, 0.3) is 0 Å². The van der Waals surface area contributed by atoms with E-state index in [1.165, 1.54) is 0 Å². The molecule has 0 spiro atoms. The fraction of sp³-hybridized carbons (Fsp3) is 0.308. The summed E-state index contributed by atoms with van der Waals surface area (Å²) in [6.07, 6.45) is 0.107. The van der Waals surface area contributed by atoms with Gasteiger partial charge >= 0.3 is 0 Å². The summed E-state index contributed by atoms with van der Waals surface area (Å²) in [6, 6.07) is 7.58. The normalized spacial score (nSPS) is 10.8. The van der Waals surface area contributed by atoms with E-state index in [1.54, 1.807) is 6.07 Å². The van der Waals surface area contributed by atoms with Crippen LogP contribution >= 0.6 is 0 Å². The van der Waals surface area contributed by atoms with E-state index in [9.17, 15) is 0 Å². The van der Waals surface area contributed by atoms with Gasteiger partial charge in [-0.15, -0.1) is 0 Å². The van der Waals surface area contributed by atoms with Gasteiger partial charge in [-0.25, -0.2) is 0 Å². The van der Waals surface area contributed by atoms with Gasteiger partial charge in [0.1, 0.15) is 5.75 Å². The number of hydrogen-bond donors (Lipinski definition) is 1. The van der Waals surface area contributed by atoms with Crippen LogP contribution in [0.3, 0.4) is 0 Å². The number of anilines is 1. The molecule has 0 saturated carbocycles. The van der Waals surface area contributed by atoms with E-state index in [4.69, 9.17) is 15.0 Å². The van der Waals surface area contributed by atoms with Crippen molar-refractivity contribution in [1.82, 2.24) is 5.16 Å². The minimum atomic E-state index is 0.107. The molecular weight excluding hydrogens is 216 g/mol. The van der Waals surface area contributed by atoms with Crippen molar-refractivity contribution in [1.29, 1.82) is 0 Å². The number of nitrogens with two attached hydrogens (primary N) is 1. The lowest BCUT2D eigenvalue weighted by Gasteiger charge is -2.14. The zero-order valence-electron chi connectivity index (χ0n) is 10.2. The lowest BCUT2D eigenvalue weighted by molar-refractivity contribution is 0.242. The Morgan fingerprint density at radius 3 is 2.71 bits per heavy atom. The third-order valence-corrected chi connectivity index (χ3v) is 2.37. The predicted molar refractivity (Wildman–Crippen MR) is 66.9 cm³/mol. The van der Waals surface area contributed by atoms with Crippen molar-refractivity contribution >= 4 is 5.82 Å². The lowest BCUT2D eigenvalue weighted by Crippen LogP contribution is -2.06. The van der Waals surface area contributed by atoms with Gasteiger partial charge in [0, 0.05) is 6.07 Å². The smallest absolute Gasteiger partial charge is 0.173 e. The van der Waals surface area contributed by atoms with Crippen LogP contribution in [-0.2, 0) is 0 Å². The molecule has 0 amide bonds. The Kier molecular flexibility index (Phi) is 3.04. The van der Waals surface area contributed by atoms with Crippen molar-refractivity contribution in [3.8, 4) is 17.1 Å². The number of rotatable bonds is 3. The van der Waals surface area contributed by atoms with Crippen molar-refractivity contribution < 1.29 is 9.26 Å². The maximum Gasteiger partial charge on any atom is 0.173 e. The summed E-state index contributed by atoms with van der Waals surface area (Å²) in [4.78, 5) is 0. The monoisotopic (exact) mass is 232 g/mol. The zero-order chi connectivity index (χ0) is 12.4. The highest BCUT2D eigenvalue weighted by atomic mass is 16.5. The molecule has 0 aliphatic rings. The summed E-state index contributed by atoms with van der Waals surface area (Å²) < 4.78 is 11.0. The Labute approximate surface area is 100 Å². The van der Waals surface area contributed by atoms with Crippen LogP contribution in [-0.4, -0.2) is 11.3 Å². The van der Waals surface area contributed by atoms with Gasteiger partial charge in [0.05, 0.1) is 11.7 Å². The molecule has 0 bridgehead atoms. The first kappa shape index (κ1) is 11.5. The molecule has 0 aliphatic heterocycles. The van der Waals surface area contributed by atoms with E-state index in [-0.39, 0.29) is 6.10 Å². The molecule has 4 heteroatoms. The van der Waals surface area contributed by atoms with Crippen LogP contribution in [0.15, 0.2) is 28.8 Å². The fourth-order valence-corrected chi connectivity index (χ4v) is 1.72. The van der Waals surface area contributed by atoms with Crippen LogP contribution in [0.2, 0.25) is 0 Å². The second-order valence-corrected chi connectivity index (χ2v) is 4.23. The molecule has 2 rings (SSSR count). The van der Waals surface area contributed by atoms with Crippen molar-refractivity contribution in [3.05, 3.63) is 29.8 Å². The third kappa shape index (κ3) is 2.41. The van der Waals surface area contributed by atoms with Crippen LogP contribution in [0, 0.1) is 6.92 Å². The van der Waals surface area contributed by atoms with E-state index in [0.717, 1.165) is 16.9 Å².